The minimum absolute atomic E-state index is 0.120. The standard InChI is InChI=1S/C19H23FN4OS/c1-13-18(26-14(2)21-13)19(25)24-11-17(12-24)23-9-7-22(8-10-23)16-5-3-15(20)4-6-16/h3-6,17H,7-12H2,1-2H3. The van der Waals surface area contributed by atoms with Gasteiger partial charge in [-0.3, -0.25) is 9.69 Å². The highest BCUT2D eigenvalue weighted by atomic mass is 32.1. The van der Waals surface area contributed by atoms with Crippen molar-refractivity contribution >= 4 is 22.9 Å². The van der Waals surface area contributed by atoms with Gasteiger partial charge in [-0.15, -0.1) is 11.3 Å². The summed E-state index contributed by atoms with van der Waals surface area (Å²) in [6, 6.07) is 7.16. The normalized spacial score (nSPS) is 18.9. The molecule has 0 atom stereocenters. The highest BCUT2D eigenvalue weighted by Gasteiger charge is 2.37. The van der Waals surface area contributed by atoms with Crippen LogP contribution in [0.2, 0.25) is 0 Å². The van der Waals surface area contributed by atoms with Crippen molar-refractivity contribution in [2.75, 3.05) is 44.2 Å². The van der Waals surface area contributed by atoms with Crippen LogP contribution in [-0.4, -0.2) is 66.0 Å². The van der Waals surface area contributed by atoms with Gasteiger partial charge < -0.3 is 9.80 Å². The summed E-state index contributed by atoms with van der Waals surface area (Å²) in [5.74, 6) is -0.0766. The molecule has 3 heterocycles. The Bertz CT molecular complexity index is 792. The molecule has 7 heteroatoms. The van der Waals surface area contributed by atoms with Crippen molar-refractivity contribution in [1.82, 2.24) is 14.8 Å². The van der Waals surface area contributed by atoms with Gasteiger partial charge in [0, 0.05) is 51.0 Å². The fourth-order valence-electron chi connectivity index (χ4n) is 3.72. The summed E-state index contributed by atoms with van der Waals surface area (Å²) in [7, 11) is 0. The fourth-order valence-corrected chi connectivity index (χ4v) is 4.61. The molecule has 1 aromatic carbocycles. The molecule has 2 aliphatic rings. The Labute approximate surface area is 157 Å². The van der Waals surface area contributed by atoms with E-state index in [2.05, 4.69) is 14.8 Å². The number of aryl methyl sites for hydroxylation is 2. The van der Waals surface area contributed by atoms with Crippen molar-refractivity contribution in [2.24, 2.45) is 0 Å². The van der Waals surface area contributed by atoms with Crippen LogP contribution in [0.3, 0.4) is 0 Å². The van der Waals surface area contributed by atoms with Crippen LogP contribution in [0.15, 0.2) is 24.3 Å². The van der Waals surface area contributed by atoms with E-state index < -0.39 is 0 Å². The molecule has 4 rings (SSSR count). The monoisotopic (exact) mass is 374 g/mol. The average Bonchev–Trinajstić information content (AvgIpc) is 2.93. The van der Waals surface area contributed by atoms with Gasteiger partial charge in [-0.1, -0.05) is 0 Å². The lowest BCUT2D eigenvalue weighted by atomic mass is 10.1. The third kappa shape index (κ3) is 3.33. The van der Waals surface area contributed by atoms with E-state index in [0.717, 1.165) is 60.5 Å². The maximum absolute atomic E-state index is 13.1. The number of aromatic nitrogens is 1. The van der Waals surface area contributed by atoms with Crippen LogP contribution >= 0.6 is 11.3 Å². The van der Waals surface area contributed by atoms with Gasteiger partial charge in [0.1, 0.15) is 10.7 Å². The number of rotatable bonds is 3. The minimum Gasteiger partial charge on any atom is -0.369 e. The molecule has 0 spiro atoms. The van der Waals surface area contributed by atoms with Gasteiger partial charge in [-0.05, 0) is 38.1 Å². The highest BCUT2D eigenvalue weighted by molar-refractivity contribution is 7.13. The van der Waals surface area contributed by atoms with Crippen LogP contribution in [0.5, 0.6) is 0 Å². The molecule has 138 valence electrons. The fraction of sp³-hybridized carbons (Fsp3) is 0.474. The summed E-state index contributed by atoms with van der Waals surface area (Å²) < 4.78 is 13.1. The van der Waals surface area contributed by atoms with Crippen molar-refractivity contribution in [3.63, 3.8) is 0 Å². The molecule has 2 aromatic rings. The van der Waals surface area contributed by atoms with Crippen LogP contribution in [0, 0.1) is 19.7 Å². The molecule has 26 heavy (non-hydrogen) atoms. The largest absolute Gasteiger partial charge is 0.369 e. The number of anilines is 1. The van der Waals surface area contributed by atoms with E-state index in [1.807, 2.05) is 30.9 Å². The zero-order chi connectivity index (χ0) is 18.3. The average molecular weight is 374 g/mol. The van der Waals surface area contributed by atoms with Crippen LogP contribution in [0.25, 0.3) is 0 Å². The topological polar surface area (TPSA) is 39.7 Å². The summed E-state index contributed by atoms with van der Waals surface area (Å²) in [6.45, 7) is 9.26. The first kappa shape index (κ1) is 17.4. The van der Waals surface area contributed by atoms with Gasteiger partial charge in [0.25, 0.3) is 5.91 Å². The zero-order valence-electron chi connectivity index (χ0n) is 15.1. The first-order chi connectivity index (χ1) is 12.5. The molecule has 2 saturated heterocycles. The lowest BCUT2D eigenvalue weighted by Gasteiger charge is -2.48. The Morgan fingerprint density at radius 3 is 2.35 bits per heavy atom. The number of piperazine rings is 1. The van der Waals surface area contributed by atoms with Gasteiger partial charge in [0.05, 0.1) is 10.7 Å². The lowest BCUT2D eigenvalue weighted by Crippen LogP contribution is -2.64. The van der Waals surface area contributed by atoms with Crippen LogP contribution in [-0.2, 0) is 0 Å². The van der Waals surface area contributed by atoms with E-state index in [1.54, 1.807) is 0 Å². The van der Waals surface area contributed by atoms with Crippen molar-refractivity contribution in [2.45, 2.75) is 19.9 Å². The van der Waals surface area contributed by atoms with Crippen molar-refractivity contribution in [3.05, 3.63) is 45.7 Å². The first-order valence-corrected chi connectivity index (χ1v) is 9.81. The molecule has 0 bridgehead atoms. The predicted octanol–water partition coefficient (Wildman–Crippen LogP) is 2.55. The summed E-state index contributed by atoms with van der Waals surface area (Å²) in [6.07, 6.45) is 0. The quantitative estimate of drug-likeness (QED) is 0.828. The molecule has 2 aliphatic heterocycles. The molecule has 0 saturated carbocycles. The SMILES string of the molecule is Cc1nc(C)c(C(=O)N2CC(N3CCN(c4ccc(F)cc4)CC3)C2)s1. The number of hydrogen-bond donors (Lipinski definition) is 0. The molecular formula is C19H23FN4OS. The Morgan fingerprint density at radius 2 is 1.77 bits per heavy atom. The van der Waals surface area contributed by atoms with Gasteiger partial charge in [0.15, 0.2) is 0 Å². The molecule has 5 nitrogen and oxygen atoms in total. The Balaban J connectivity index is 1.28. The summed E-state index contributed by atoms with van der Waals surface area (Å²) in [4.78, 5) is 24.4. The number of benzene rings is 1. The highest BCUT2D eigenvalue weighted by Crippen LogP contribution is 2.25. The molecule has 1 amide bonds. The summed E-state index contributed by atoms with van der Waals surface area (Å²) in [5, 5.41) is 0.944. The summed E-state index contributed by atoms with van der Waals surface area (Å²) >= 11 is 1.49. The number of hydrogen-bond acceptors (Lipinski definition) is 5. The summed E-state index contributed by atoms with van der Waals surface area (Å²) in [5.41, 5.74) is 1.92. The zero-order valence-corrected chi connectivity index (χ0v) is 15.9. The number of halogens is 1. The Hall–Kier alpha value is -1.99. The number of thiazole rings is 1. The third-order valence-corrected chi connectivity index (χ3v) is 6.33. The Morgan fingerprint density at radius 1 is 1.12 bits per heavy atom. The molecule has 2 fully saturated rings. The van der Waals surface area contributed by atoms with Crippen LogP contribution < -0.4 is 4.90 Å². The third-order valence-electron chi connectivity index (χ3n) is 5.27. The number of nitrogens with zero attached hydrogens (tertiary/aromatic N) is 4. The number of carbonyl (C=O) groups is 1. The predicted molar refractivity (Wildman–Crippen MR) is 101 cm³/mol. The van der Waals surface area contributed by atoms with E-state index >= 15 is 0 Å². The molecule has 0 N–H and O–H groups in total. The van der Waals surface area contributed by atoms with Crippen LogP contribution in [0.1, 0.15) is 20.4 Å². The van der Waals surface area contributed by atoms with Gasteiger partial charge >= 0.3 is 0 Å². The molecule has 1 aromatic heterocycles. The molecular weight excluding hydrogens is 351 g/mol. The van der Waals surface area contributed by atoms with Crippen molar-refractivity contribution in [1.29, 1.82) is 0 Å². The Kier molecular flexibility index (Phi) is 4.67. The maximum atomic E-state index is 13.1. The lowest BCUT2D eigenvalue weighted by molar-refractivity contribution is 0.0250. The molecule has 0 radical (unpaired) electrons. The van der Waals surface area contributed by atoms with E-state index in [0.29, 0.717) is 6.04 Å². The first-order valence-electron chi connectivity index (χ1n) is 8.99. The van der Waals surface area contributed by atoms with Crippen LogP contribution in [0.4, 0.5) is 10.1 Å². The maximum Gasteiger partial charge on any atom is 0.265 e. The smallest absolute Gasteiger partial charge is 0.265 e. The van der Waals surface area contributed by atoms with E-state index in [4.69, 9.17) is 0 Å². The second-order valence-corrected chi connectivity index (χ2v) is 8.21. The van der Waals surface area contributed by atoms with E-state index in [-0.39, 0.29) is 11.7 Å². The van der Waals surface area contributed by atoms with Gasteiger partial charge in [0.2, 0.25) is 0 Å². The molecule has 0 unspecified atom stereocenters. The molecule has 0 aliphatic carbocycles. The van der Waals surface area contributed by atoms with Gasteiger partial charge in [-0.2, -0.15) is 0 Å². The van der Waals surface area contributed by atoms with Crippen molar-refractivity contribution < 1.29 is 9.18 Å². The second kappa shape index (κ2) is 6.96. The number of likely N-dealkylation sites (tertiary alicyclic amines) is 1. The van der Waals surface area contributed by atoms with Crippen molar-refractivity contribution in [3.8, 4) is 0 Å². The van der Waals surface area contributed by atoms with Gasteiger partial charge in [-0.25, -0.2) is 9.37 Å². The number of amides is 1. The minimum atomic E-state index is -0.196. The van der Waals surface area contributed by atoms with E-state index in [9.17, 15) is 9.18 Å². The number of carbonyl (C=O) groups excluding carboxylic acids is 1. The van der Waals surface area contributed by atoms with E-state index in [1.165, 1.54) is 23.5 Å². The second-order valence-electron chi connectivity index (χ2n) is 7.01.